The fraction of sp³-hybridized carbons (Fsp3) is 0.364. The molecule has 12 heteroatoms. The molecular formula is C22H21ClF3N3O5. The highest BCUT2D eigenvalue weighted by Crippen LogP contribution is 2.37. The predicted molar refractivity (Wildman–Crippen MR) is 119 cm³/mol. The highest BCUT2D eigenvalue weighted by Gasteiger charge is 2.35. The molecule has 1 amide bonds. The van der Waals surface area contributed by atoms with Crippen LogP contribution in [0, 0.1) is 23.0 Å². The molecule has 0 aromatic heterocycles. The van der Waals surface area contributed by atoms with E-state index in [0.29, 0.717) is 16.8 Å². The van der Waals surface area contributed by atoms with E-state index in [0.717, 1.165) is 17.7 Å². The molecule has 1 N–H and O–H groups in total. The highest BCUT2D eigenvalue weighted by molar-refractivity contribution is 6.33. The number of ether oxygens (including phenoxy) is 1. The maximum absolute atomic E-state index is 12.9. The number of carbonyl (C=O) groups is 2. The Labute approximate surface area is 197 Å². The molecule has 0 radical (unpaired) electrons. The number of hydrogen-bond donors (Lipinski definition) is 1. The van der Waals surface area contributed by atoms with Crippen LogP contribution in [0.15, 0.2) is 36.4 Å². The summed E-state index contributed by atoms with van der Waals surface area (Å²) in [4.78, 5) is 36.5. The van der Waals surface area contributed by atoms with Crippen molar-refractivity contribution in [2.45, 2.75) is 25.9 Å². The number of alkyl halides is 3. The van der Waals surface area contributed by atoms with Gasteiger partial charge in [-0.15, -0.1) is 0 Å². The predicted octanol–water partition coefficient (Wildman–Crippen LogP) is 4.97. The third-order valence-electron chi connectivity index (χ3n) is 5.41. The number of halogens is 4. The summed E-state index contributed by atoms with van der Waals surface area (Å²) in [6.45, 7) is 1.75. The number of nitro groups is 1. The van der Waals surface area contributed by atoms with Gasteiger partial charge < -0.3 is 15.0 Å². The van der Waals surface area contributed by atoms with Gasteiger partial charge in [-0.1, -0.05) is 17.7 Å². The zero-order chi connectivity index (χ0) is 25.0. The van der Waals surface area contributed by atoms with Gasteiger partial charge in [-0.2, -0.15) is 13.2 Å². The number of nitro benzene ring substituents is 1. The van der Waals surface area contributed by atoms with Crippen LogP contribution in [0.1, 0.15) is 24.0 Å². The van der Waals surface area contributed by atoms with Crippen LogP contribution < -0.4 is 10.2 Å². The largest absolute Gasteiger partial charge is 0.455 e. The van der Waals surface area contributed by atoms with Crippen molar-refractivity contribution in [3.8, 4) is 0 Å². The Hall–Kier alpha value is -3.34. The molecule has 0 bridgehead atoms. The molecule has 1 aliphatic rings. The summed E-state index contributed by atoms with van der Waals surface area (Å²) in [6.07, 6.45) is -4.16. The van der Waals surface area contributed by atoms with E-state index in [-0.39, 0.29) is 31.6 Å². The first-order valence-electron chi connectivity index (χ1n) is 10.3. The number of hydrogen-bond acceptors (Lipinski definition) is 6. The van der Waals surface area contributed by atoms with Crippen molar-refractivity contribution in [2.24, 2.45) is 5.92 Å². The van der Waals surface area contributed by atoms with Crippen molar-refractivity contribution in [1.82, 2.24) is 0 Å². The lowest BCUT2D eigenvalue weighted by Gasteiger charge is -2.32. The van der Waals surface area contributed by atoms with Crippen molar-refractivity contribution in [3.05, 3.63) is 62.7 Å². The zero-order valence-corrected chi connectivity index (χ0v) is 18.8. The second-order valence-corrected chi connectivity index (χ2v) is 8.27. The Morgan fingerprint density at radius 2 is 1.88 bits per heavy atom. The summed E-state index contributed by atoms with van der Waals surface area (Å²) in [6, 6.07) is 7.45. The van der Waals surface area contributed by atoms with Gasteiger partial charge in [0.15, 0.2) is 6.61 Å². The maximum Gasteiger partial charge on any atom is 0.416 e. The molecule has 0 spiro atoms. The minimum atomic E-state index is -4.70. The molecule has 2 aromatic rings. The summed E-state index contributed by atoms with van der Waals surface area (Å²) in [5, 5.41) is 14.2. The first-order valence-corrected chi connectivity index (χ1v) is 10.7. The van der Waals surface area contributed by atoms with Gasteiger partial charge in [-0.05, 0) is 49.6 Å². The smallest absolute Gasteiger partial charge is 0.416 e. The molecular weight excluding hydrogens is 479 g/mol. The molecule has 8 nitrogen and oxygen atoms in total. The molecule has 1 fully saturated rings. The van der Waals surface area contributed by atoms with E-state index in [2.05, 4.69) is 5.32 Å². The molecule has 34 heavy (non-hydrogen) atoms. The number of carbonyl (C=O) groups excluding carboxylic acids is 2. The molecule has 0 unspecified atom stereocenters. The molecule has 0 aliphatic carbocycles. The van der Waals surface area contributed by atoms with Crippen molar-refractivity contribution in [1.29, 1.82) is 0 Å². The fourth-order valence-electron chi connectivity index (χ4n) is 3.63. The second kappa shape index (κ2) is 10.3. The number of esters is 1. The molecule has 0 atom stereocenters. The first-order chi connectivity index (χ1) is 16.0. The lowest BCUT2D eigenvalue weighted by atomic mass is 9.96. The Bertz CT molecular complexity index is 1100. The van der Waals surface area contributed by atoms with E-state index in [1.165, 1.54) is 0 Å². The maximum atomic E-state index is 12.9. The van der Waals surface area contributed by atoms with Crippen LogP contribution in [0.3, 0.4) is 0 Å². The van der Waals surface area contributed by atoms with Crippen LogP contribution in [0.4, 0.5) is 30.2 Å². The molecule has 3 rings (SSSR count). The average molecular weight is 500 g/mol. The monoisotopic (exact) mass is 499 g/mol. The number of nitrogens with one attached hydrogen (secondary N) is 1. The Morgan fingerprint density at radius 1 is 1.21 bits per heavy atom. The van der Waals surface area contributed by atoms with Crippen molar-refractivity contribution >= 4 is 40.5 Å². The fourth-order valence-corrected chi connectivity index (χ4v) is 3.91. The van der Waals surface area contributed by atoms with E-state index in [1.807, 2.05) is 6.92 Å². The number of aryl methyl sites for hydroxylation is 1. The topological polar surface area (TPSA) is 102 Å². The molecule has 1 saturated heterocycles. The van der Waals surface area contributed by atoms with Gasteiger partial charge in [0.05, 0.1) is 27.1 Å². The number of nitrogens with zero attached hydrogens (tertiary/aromatic N) is 2. The Morgan fingerprint density at radius 3 is 2.47 bits per heavy atom. The third kappa shape index (κ3) is 6.16. The number of amides is 1. The lowest BCUT2D eigenvalue weighted by molar-refractivity contribution is -0.384. The summed E-state index contributed by atoms with van der Waals surface area (Å²) in [5.74, 6) is -1.69. The van der Waals surface area contributed by atoms with Crippen LogP contribution >= 0.6 is 11.6 Å². The van der Waals surface area contributed by atoms with Gasteiger partial charge in [-0.25, -0.2) is 0 Å². The van der Waals surface area contributed by atoms with Crippen LogP contribution in [0.25, 0.3) is 0 Å². The van der Waals surface area contributed by atoms with E-state index in [4.69, 9.17) is 16.3 Å². The van der Waals surface area contributed by atoms with E-state index in [9.17, 15) is 32.9 Å². The van der Waals surface area contributed by atoms with Gasteiger partial charge in [0.2, 0.25) is 0 Å². The van der Waals surface area contributed by atoms with Crippen molar-refractivity contribution in [2.75, 3.05) is 29.9 Å². The molecule has 0 saturated carbocycles. The summed E-state index contributed by atoms with van der Waals surface area (Å²) in [5.41, 5.74) is -0.393. The minimum absolute atomic E-state index is 0.0548. The standard InChI is InChI=1S/C22H21ClF3N3O5/c1-13-2-4-17(16(23)10-13)27-20(30)12-34-21(31)14-6-8-28(9-7-14)18-5-3-15(22(24,25)26)11-19(18)29(32)33/h2-5,10-11,14H,6-9,12H2,1H3,(H,27,30). The molecule has 2 aromatic carbocycles. The minimum Gasteiger partial charge on any atom is -0.455 e. The SMILES string of the molecule is Cc1ccc(NC(=O)COC(=O)C2CCN(c3ccc(C(F)(F)F)cc3[N+](=O)[O-])CC2)c(Cl)c1. The molecule has 1 heterocycles. The van der Waals surface area contributed by atoms with Crippen LogP contribution in [-0.4, -0.2) is 36.5 Å². The van der Waals surface area contributed by atoms with E-state index in [1.54, 1.807) is 23.1 Å². The zero-order valence-electron chi connectivity index (χ0n) is 18.0. The highest BCUT2D eigenvalue weighted by atomic mass is 35.5. The van der Waals surface area contributed by atoms with Crippen LogP contribution in [0.5, 0.6) is 0 Å². The van der Waals surface area contributed by atoms with Crippen molar-refractivity contribution in [3.63, 3.8) is 0 Å². The summed E-state index contributed by atoms with van der Waals surface area (Å²) >= 11 is 6.06. The van der Waals surface area contributed by atoms with Gasteiger partial charge in [0, 0.05) is 19.2 Å². The van der Waals surface area contributed by atoms with Gasteiger partial charge in [0.1, 0.15) is 5.69 Å². The number of piperidine rings is 1. The summed E-state index contributed by atoms with van der Waals surface area (Å²) < 4.78 is 43.8. The van der Waals surface area contributed by atoms with Crippen LogP contribution in [0.2, 0.25) is 5.02 Å². The first kappa shape index (κ1) is 25.3. The lowest BCUT2D eigenvalue weighted by Crippen LogP contribution is -2.37. The van der Waals surface area contributed by atoms with Gasteiger partial charge in [0.25, 0.3) is 11.6 Å². The van der Waals surface area contributed by atoms with E-state index < -0.39 is 46.8 Å². The van der Waals surface area contributed by atoms with Gasteiger partial charge >= 0.3 is 12.1 Å². The normalized spacial score (nSPS) is 14.6. The Kier molecular flexibility index (Phi) is 7.65. The third-order valence-corrected chi connectivity index (χ3v) is 5.73. The second-order valence-electron chi connectivity index (χ2n) is 7.86. The number of anilines is 2. The Balaban J connectivity index is 1.55. The molecule has 1 aliphatic heterocycles. The number of rotatable bonds is 6. The average Bonchev–Trinajstić information content (AvgIpc) is 2.78. The van der Waals surface area contributed by atoms with E-state index >= 15 is 0 Å². The summed E-state index contributed by atoms with van der Waals surface area (Å²) in [7, 11) is 0. The van der Waals surface area contributed by atoms with Gasteiger partial charge in [-0.3, -0.25) is 19.7 Å². The molecule has 182 valence electrons. The number of benzene rings is 2. The quantitative estimate of drug-likeness (QED) is 0.342. The van der Waals surface area contributed by atoms with Crippen LogP contribution in [-0.2, 0) is 20.5 Å². The van der Waals surface area contributed by atoms with Crippen molar-refractivity contribution < 1.29 is 32.4 Å².